The Hall–Kier alpha value is -0.950. The molecular weight excluding hydrogens is 264 g/mol. The molecule has 0 heterocycles. The monoisotopic (exact) mass is 286 g/mol. The van der Waals surface area contributed by atoms with Gasteiger partial charge in [0, 0.05) is 13.1 Å². The lowest BCUT2D eigenvalue weighted by Crippen LogP contribution is -2.33. The Labute approximate surface area is 115 Å². The molecule has 1 aromatic rings. The first-order valence-corrected chi connectivity index (χ1v) is 7.96. The van der Waals surface area contributed by atoms with E-state index in [0.29, 0.717) is 18.7 Å². The lowest BCUT2D eigenvalue weighted by atomic mass is 10.2. The van der Waals surface area contributed by atoms with E-state index >= 15 is 0 Å². The van der Waals surface area contributed by atoms with Crippen molar-refractivity contribution < 1.29 is 13.5 Å². The maximum absolute atomic E-state index is 11.8. The van der Waals surface area contributed by atoms with Crippen LogP contribution >= 0.6 is 0 Å². The highest BCUT2D eigenvalue weighted by Crippen LogP contribution is 2.07. The van der Waals surface area contributed by atoms with Crippen molar-refractivity contribution in [2.75, 3.05) is 26.7 Å². The number of aliphatic hydroxyl groups is 1. The fourth-order valence-corrected chi connectivity index (χ4v) is 2.70. The third-order valence-electron chi connectivity index (χ3n) is 2.92. The zero-order valence-electron chi connectivity index (χ0n) is 11.5. The Balaban J connectivity index is 2.49. The van der Waals surface area contributed by atoms with Crippen LogP contribution in [-0.4, -0.2) is 45.1 Å². The van der Waals surface area contributed by atoms with Crippen LogP contribution < -0.4 is 4.72 Å². The molecule has 5 nitrogen and oxygen atoms in total. The van der Waals surface area contributed by atoms with Crippen LogP contribution in [0.15, 0.2) is 24.3 Å². The molecule has 0 saturated heterocycles. The van der Waals surface area contributed by atoms with Crippen molar-refractivity contribution in [3.05, 3.63) is 35.4 Å². The summed E-state index contributed by atoms with van der Waals surface area (Å²) in [6.45, 7) is 4.00. The molecule has 0 aliphatic heterocycles. The molecular formula is C13H22N2O3S. The molecule has 0 spiro atoms. The minimum atomic E-state index is -3.30. The van der Waals surface area contributed by atoms with Gasteiger partial charge in [0.25, 0.3) is 0 Å². The summed E-state index contributed by atoms with van der Waals surface area (Å²) in [7, 11) is -1.35. The summed E-state index contributed by atoms with van der Waals surface area (Å²) in [5, 5.41) is 8.92. The number of nitrogens with zero attached hydrogens (tertiary/aromatic N) is 1. The third-order valence-corrected chi connectivity index (χ3v) is 4.27. The molecule has 19 heavy (non-hydrogen) atoms. The average Bonchev–Trinajstić information content (AvgIpc) is 2.38. The second-order valence-corrected chi connectivity index (χ2v) is 6.33. The van der Waals surface area contributed by atoms with Gasteiger partial charge in [0.2, 0.25) is 10.0 Å². The first-order chi connectivity index (χ1) is 8.96. The maximum Gasteiger partial charge on any atom is 0.215 e. The lowest BCUT2D eigenvalue weighted by Gasteiger charge is -2.14. The molecule has 108 valence electrons. The molecule has 0 aromatic heterocycles. The first-order valence-electron chi connectivity index (χ1n) is 6.31. The maximum atomic E-state index is 11.8. The summed E-state index contributed by atoms with van der Waals surface area (Å²) in [6.07, 6.45) is 0. The highest BCUT2D eigenvalue weighted by Gasteiger charge is 2.11. The smallest absolute Gasteiger partial charge is 0.215 e. The van der Waals surface area contributed by atoms with Crippen molar-refractivity contribution in [3.63, 3.8) is 0 Å². The third kappa shape index (κ3) is 6.15. The summed E-state index contributed by atoms with van der Waals surface area (Å²) in [5.74, 6) is -0.0332. The fraction of sp³-hybridized carbons (Fsp3) is 0.538. The summed E-state index contributed by atoms with van der Waals surface area (Å²) < 4.78 is 26.3. The molecule has 0 aliphatic rings. The highest BCUT2D eigenvalue weighted by molar-refractivity contribution is 7.88. The SMILES string of the molecule is CCN(C)CCNS(=O)(=O)Cc1ccc(CO)cc1. The van der Waals surface area contributed by atoms with Crippen LogP contribution in [0, 0.1) is 0 Å². The molecule has 2 N–H and O–H groups in total. The van der Waals surface area contributed by atoms with Crippen molar-refractivity contribution >= 4 is 10.0 Å². The van der Waals surface area contributed by atoms with Crippen LogP contribution in [0.2, 0.25) is 0 Å². The number of hydrogen-bond acceptors (Lipinski definition) is 4. The van der Waals surface area contributed by atoms with Gasteiger partial charge in [0.1, 0.15) is 0 Å². The Morgan fingerprint density at radius 1 is 1.21 bits per heavy atom. The van der Waals surface area contributed by atoms with Gasteiger partial charge in [0.05, 0.1) is 12.4 Å². The molecule has 0 amide bonds. The van der Waals surface area contributed by atoms with E-state index in [4.69, 9.17) is 5.11 Å². The van der Waals surface area contributed by atoms with E-state index < -0.39 is 10.0 Å². The zero-order valence-corrected chi connectivity index (χ0v) is 12.3. The molecule has 0 saturated carbocycles. The Morgan fingerprint density at radius 3 is 2.32 bits per heavy atom. The molecule has 6 heteroatoms. The molecule has 0 bridgehead atoms. The van der Waals surface area contributed by atoms with E-state index in [0.717, 1.165) is 12.1 Å². The number of rotatable bonds is 8. The standard InChI is InChI=1S/C13H22N2O3S/c1-3-15(2)9-8-14-19(17,18)11-13-6-4-12(10-16)5-7-13/h4-7,14,16H,3,8-11H2,1-2H3. The molecule has 0 unspecified atom stereocenters. The van der Waals surface area contributed by atoms with Crippen molar-refractivity contribution in [2.24, 2.45) is 0 Å². The Morgan fingerprint density at radius 2 is 1.79 bits per heavy atom. The zero-order chi connectivity index (χ0) is 14.3. The van der Waals surface area contributed by atoms with Crippen molar-refractivity contribution in [3.8, 4) is 0 Å². The minimum absolute atomic E-state index is 0.0331. The molecule has 0 aliphatic carbocycles. The summed E-state index contributed by atoms with van der Waals surface area (Å²) in [6, 6.07) is 6.91. The van der Waals surface area contributed by atoms with Gasteiger partial charge in [-0.3, -0.25) is 0 Å². The summed E-state index contributed by atoms with van der Waals surface area (Å²) in [5.41, 5.74) is 1.49. The molecule has 1 aromatic carbocycles. The second-order valence-electron chi connectivity index (χ2n) is 4.52. The van der Waals surface area contributed by atoms with Crippen LogP contribution in [-0.2, 0) is 22.4 Å². The number of hydrogen-bond donors (Lipinski definition) is 2. The van der Waals surface area contributed by atoms with E-state index in [1.54, 1.807) is 24.3 Å². The van der Waals surface area contributed by atoms with Gasteiger partial charge in [0.15, 0.2) is 0 Å². The Bertz CT molecular complexity index is 471. The summed E-state index contributed by atoms with van der Waals surface area (Å²) >= 11 is 0. The van der Waals surface area contributed by atoms with Crippen LogP contribution in [0.25, 0.3) is 0 Å². The molecule has 0 atom stereocenters. The highest BCUT2D eigenvalue weighted by atomic mass is 32.2. The molecule has 0 radical (unpaired) electrons. The normalized spacial score (nSPS) is 12.0. The lowest BCUT2D eigenvalue weighted by molar-refractivity contribution is 0.282. The van der Waals surface area contributed by atoms with Gasteiger partial charge < -0.3 is 10.0 Å². The minimum Gasteiger partial charge on any atom is -0.392 e. The number of sulfonamides is 1. The van der Waals surface area contributed by atoms with E-state index in [-0.39, 0.29) is 12.4 Å². The topological polar surface area (TPSA) is 69.6 Å². The van der Waals surface area contributed by atoms with Gasteiger partial charge in [-0.25, -0.2) is 13.1 Å². The van der Waals surface area contributed by atoms with Crippen LogP contribution in [0.3, 0.4) is 0 Å². The fourth-order valence-electron chi connectivity index (χ4n) is 1.56. The number of benzene rings is 1. The number of nitrogens with one attached hydrogen (secondary N) is 1. The average molecular weight is 286 g/mol. The van der Waals surface area contributed by atoms with Crippen molar-refractivity contribution in [1.82, 2.24) is 9.62 Å². The predicted octanol–water partition coefficient (Wildman–Crippen LogP) is 0.550. The van der Waals surface area contributed by atoms with Crippen molar-refractivity contribution in [2.45, 2.75) is 19.3 Å². The number of aliphatic hydroxyl groups excluding tert-OH is 1. The van der Waals surface area contributed by atoms with Crippen LogP contribution in [0.1, 0.15) is 18.1 Å². The van der Waals surface area contributed by atoms with Gasteiger partial charge in [-0.05, 0) is 24.7 Å². The summed E-state index contributed by atoms with van der Waals surface area (Å²) in [4.78, 5) is 2.04. The molecule has 0 fully saturated rings. The molecule has 1 rings (SSSR count). The van der Waals surface area contributed by atoms with E-state index in [1.807, 2.05) is 18.9 Å². The van der Waals surface area contributed by atoms with Crippen LogP contribution in [0.4, 0.5) is 0 Å². The van der Waals surface area contributed by atoms with Gasteiger partial charge in [-0.2, -0.15) is 0 Å². The van der Waals surface area contributed by atoms with E-state index in [1.165, 1.54) is 0 Å². The second kappa shape index (κ2) is 7.59. The number of likely N-dealkylation sites (N-methyl/N-ethyl adjacent to an activating group) is 1. The predicted molar refractivity (Wildman–Crippen MR) is 76.2 cm³/mol. The quantitative estimate of drug-likeness (QED) is 0.732. The van der Waals surface area contributed by atoms with E-state index in [2.05, 4.69) is 4.72 Å². The largest absolute Gasteiger partial charge is 0.392 e. The van der Waals surface area contributed by atoms with Crippen molar-refractivity contribution in [1.29, 1.82) is 0 Å². The van der Waals surface area contributed by atoms with Gasteiger partial charge >= 0.3 is 0 Å². The van der Waals surface area contributed by atoms with E-state index in [9.17, 15) is 8.42 Å². The van der Waals surface area contributed by atoms with Gasteiger partial charge in [-0.1, -0.05) is 31.2 Å². The Kier molecular flexibility index (Phi) is 6.44. The van der Waals surface area contributed by atoms with Crippen LogP contribution in [0.5, 0.6) is 0 Å². The first kappa shape index (κ1) is 16.1. The van der Waals surface area contributed by atoms with Gasteiger partial charge in [-0.15, -0.1) is 0 Å².